The van der Waals surface area contributed by atoms with Gasteiger partial charge in [-0.15, -0.1) is 0 Å². The highest BCUT2D eigenvalue weighted by Gasteiger charge is 2.40. The zero-order valence-electron chi connectivity index (χ0n) is 8.26. The van der Waals surface area contributed by atoms with Crippen LogP contribution in [0, 0.1) is 0 Å². The Morgan fingerprint density at radius 2 is 2.15 bits per heavy atom. The molecule has 3 heteroatoms. The van der Waals surface area contributed by atoms with E-state index in [-0.39, 0.29) is 5.78 Å². The van der Waals surface area contributed by atoms with Gasteiger partial charge in [0.15, 0.2) is 5.78 Å². The van der Waals surface area contributed by atoms with E-state index in [2.05, 4.69) is 19.6 Å². The molecular formula is C10H14O2Si. The summed E-state index contributed by atoms with van der Waals surface area (Å²) in [6, 6.07) is 1.80. The van der Waals surface area contributed by atoms with E-state index in [0.29, 0.717) is 12.0 Å². The summed E-state index contributed by atoms with van der Waals surface area (Å²) in [5.41, 5.74) is 1.22. The molecule has 1 unspecified atom stereocenters. The Balaban J connectivity index is 2.44. The molecule has 0 aliphatic heterocycles. The van der Waals surface area contributed by atoms with Crippen LogP contribution < -0.4 is 0 Å². The Bertz CT molecular complexity index is 346. The van der Waals surface area contributed by atoms with Crippen molar-refractivity contribution in [2.75, 3.05) is 0 Å². The lowest BCUT2D eigenvalue weighted by atomic mass is 10.2. The van der Waals surface area contributed by atoms with Gasteiger partial charge in [-0.3, -0.25) is 4.79 Å². The van der Waals surface area contributed by atoms with Gasteiger partial charge in [-0.05, 0) is 6.07 Å². The topological polar surface area (TPSA) is 30.2 Å². The molecule has 1 aromatic rings. The van der Waals surface area contributed by atoms with Crippen molar-refractivity contribution in [3.8, 4) is 0 Å². The zero-order valence-corrected chi connectivity index (χ0v) is 9.26. The van der Waals surface area contributed by atoms with Crippen LogP contribution in [0.1, 0.15) is 28.1 Å². The Kier molecular flexibility index (Phi) is 1.73. The second-order valence-corrected chi connectivity index (χ2v) is 10.2. The maximum absolute atomic E-state index is 11.5. The molecule has 70 valence electrons. The number of hydrogen-bond donors (Lipinski definition) is 0. The molecule has 2 nitrogen and oxygen atoms in total. The first-order valence-corrected chi connectivity index (χ1v) is 8.18. The number of furan rings is 1. The van der Waals surface area contributed by atoms with Gasteiger partial charge in [0.2, 0.25) is 0 Å². The first-order chi connectivity index (χ1) is 6.00. The second-order valence-electron chi connectivity index (χ2n) is 4.74. The number of carbonyl (C=O) groups is 1. The first-order valence-electron chi connectivity index (χ1n) is 4.61. The number of hydrogen-bond acceptors (Lipinski definition) is 2. The largest absolute Gasteiger partial charge is 0.469 e. The summed E-state index contributed by atoms with van der Waals surface area (Å²) in [4.78, 5) is 11.5. The van der Waals surface area contributed by atoms with Gasteiger partial charge >= 0.3 is 0 Å². The van der Waals surface area contributed by atoms with Gasteiger partial charge in [-0.1, -0.05) is 19.6 Å². The van der Waals surface area contributed by atoms with Gasteiger partial charge in [-0.2, -0.15) is 0 Å². The molecule has 0 amide bonds. The molecule has 1 aliphatic carbocycles. The smallest absolute Gasteiger partial charge is 0.166 e. The molecule has 0 spiro atoms. The lowest BCUT2D eigenvalue weighted by molar-refractivity contribution is 0.0993. The van der Waals surface area contributed by atoms with Crippen molar-refractivity contribution >= 4 is 13.9 Å². The molecule has 0 aromatic carbocycles. The van der Waals surface area contributed by atoms with Crippen LogP contribution >= 0.6 is 0 Å². The van der Waals surface area contributed by atoms with Crippen LogP contribution in [0.15, 0.2) is 16.7 Å². The molecule has 0 N–H and O–H groups in total. The third kappa shape index (κ3) is 1.27. The van der Waals surface area contributed by atoms with E-state index in [4.69, 9.17) is 4.42 Å². The van der Waals surface area contributed by atoms with Crippen molar-refractivity contribution in [2.24, 2.45) is 0 Å². The average Bonchev–Trinajstić information content (AvgIpc) is 2.51. The van der Waals surface area contributed by atoms with E-state index >= 15 is 0 Å². The predicted molar refractivity (Wildman–Crippen MR) is 53.7 cm³/mol. The standard InChI is InChI=1S/C10H14O2Si/c1-13(2,3)9-6-8(11)7-4-5-12-10(7)9/h4-5,9H,6H2,1-3H3. The maximum Gasteiger partial charge on any atom is 0.166 e. The fraction of sp³-hybridized carbons (Fsp3) is 0.500. The highest BCUT2D eigenvalue weighted by Crippen LogP contribution is 2.39. The summed E-state index contributed by atoms with van der Waals surface area (Å²) < 4.78 is 5.40. The highest BCUT2D eigenvalue weighted by atomic mass is 28.3. The van der Waals surface area contributed by atoms with E-state index in [1.807, 2.05) is 0 Å². The van der Waals surface area contributed by atoms with Gasteiger partial charge in [0.1, 0.15) is 5.76 Å². The number of carbonyl (C=O) groups excluding carboxylic acids is 1. The van der Waals surface area contributed by atoms with Crippen molar-refractivity contribution in [1.82, 2.24) is 0 Å². The third-order valence-electron chi connectivity index (χ3n) is 2.75. The molecule has 1 heterocycles. The summed E-state index contributed by atoms with van der Waals surface area (Å²) in [5, 5.41) is 0. The van der Waals surface area contributed by atoms with E-state index in [1.54, 1.807) is 12.3 Å². The Morgan fingerprint density at radius 1 is 1.46 bits per heavy atom. The molecule has 2 rings (SSSR count). The minimum Gasteiger partial charge on any atom is -0.469 e. The fourth-order valence-electron chi connectivity index (χ4n) is 1.91. The highest BCUT2D eigenvalue weighted by molar-refractivity contribution is 6.78. The van der Waals surface area contributed by atoms with E-state index in [9.17, 15) is 4.79 Å². The van der Waals surface area contributed by atoms with E-state index < -0.39 is 8.07 Å². The molecule has 0 fully saturated rings. The van der Waals surface area contributed by atoms with Crippen molar-refractivity contribution in [1.29, 1.82) is 0 Å². The minimum atomic E-state index is -1.30. The van der Waals surface area contributed by atoms with Crippen LogP contribution in [0.25, 0.3) is 0 Å². The van der Waals surface area contributed by atoms with Crippen LogP contribution in [-0.2, 0) is 0 Å². The van der Waals surface area contributed by atoms with Crippen LogP contribution in [-0.4, -0.2) is 13.9 Å². The van der Waals surface area contributed by atoms with Crippen molar-refractivity contribution in [2.45, 2.75) is 31.6 Å². The molecule has 0 radical (unpaired) electrons. The van der Waals surface area contributed by atoms with Gasteiger partial charge < -0.3 is 4.42 Å². The summed E-state index contributed by atoms with van der Waals surface area (Å²) in [6.45, 7) is 6.84. The molecule has 1 atom stereocenters. The minimum absolute atomic E-state index is 0.260. The monoisotopic (exact) mass is 194 g/mol. The molecule has 13 heavy (non-hydrogen) atoms. The number of Topliss-reactive ketones (excluding diaryl/α,β-unsaturated/α-hetero) is 1. The number of ketones is 1. The molecule has 1 aliphatic rings. The predicted octanol–water partition coefficient (Wildman–Crippen LogP) is 2.83. The Morgan fingerprint density at radius 3 is 2.77 bits per heavy atom. The summed E-state index contributed by atoms with van der Waals surface area (Å²) in [6.07, 6.45) is 2.31. The molecule has 0 bridgehead atoms. The summed E-state index contributed by atoms with van der Waals surface area (Å²) in [7, 11) is -1.30. The molecule has 0 saturated carbocycles. The van der Waals surface area contributed by atoms with Crippen LogP contribution in [0.4, 0.5) is 0 Å². The summed E-state index contributed by atoms with van der Waals surface area (Å²) >= 11 is 0. The third-order valence-corrected chi connectivity index (χ3v) is 5.30. The van der Waals surface area contributed by atoms with Crippen LogP contribution in [0.5, 0.6) is 0 Å². The van der Waals surface area contributed by atoms with Gasteiger partial charge in [0.25, 0.3) is 0 Å². The van der Waals surface area contributed by atoms with Crippen molar-refractivity contribution < 1.29 is 9.21 Å². The van der Waals surface area contributed by atoms with Gasteiger partial charge in [0, 0.05) is 12.0 Å². The maximum atomic E-state index is 11.5. The van der Waals surface area contributed by atoms with Gasteiger partial charge in [-0.25, -0.2) is 0 Å². The fourth-order valence-corrected chi connectivity index (χ4v) is 3.72. The molecular weight excluding hydrogens is 180 g/mol. The van der Waals surface area contributed by atoms with Crippen molar-refractivity contribution in [3.05, 3.63) is 23.7 Å². The van der Waals surface area contributed by atoms with Crippen molar-refractivity contribution in [3.63, 3.8) is 0 Å². The first kappa shape index (κ1) is 8.75. The SMILES string of the molecule is C[Si](C)(C)C1CC(=O)c2ccoc21. The number of fused-ring (bicyclic) bond motifs is 1. The lowest BCUT2D eigenvalue weighted by Gasteiger charge is -2.22. The van der Waals surface area contributed by atoms with Gasteiger partial charge in [0.05, 0.1) is 19.9 Å². The molecule has 0 saturated heterocycles. The normalized spacial score (nSPS) is 22.1. The average molecular weight is 194 g/mol. The number of rotatable bonds is 1. The zero-order chi connectivity index (χ0) is 9.64. The van der Waals surface area contributed by atoms with E-state index in [0.717, 1.165) is 11.3 Å². The Hall–Kier alpha value is -0.833. The van der Waals surface area contributed by atoms with Crippen LogP contribution in [0.3, 0.4) is 0 Å². The van der Waals surface area contributed by atoms with E-state index in [1.165, 1.54) is 0 Å². The summed E-state index contributed by atoms with van der Waals surface area (Å²) in [5.74, 6) is 1.21. The lowest BCUT2D eigenvalue weighted by Crippen LogP contribution is -2.29. The quantitative estimate of drug-likeness (QED) is 0.643. The Labute approximate surface area is 79.0 Å². The second kappa shape index (κ2) is 2.58. The molecule has 1 aromatic heterocycles. The van der Waals surface area contributed by atoms with Crippen LogP contribution in [0.2, 0.25) is 19.6 Å².